The standard InChI is InChI=1S/C37H43F3N6O4S/c1-5-24-17-26-32(33(50-21-37(38,39)40)31(24)30-22(3)7-8-28-27(30)18-41-44-28)42-34(25-15-23(16-25)9-14-51(4,48)49)43-35(26)45-12-10-36(11-13-45)19-46(20-36)29(47)6-2/h6-8,17-18,23,25H,2,5,9-16,19-21H2,1,3-4H3,(H,41,44). The monoisotopic (exact) mass is 724 g/mol. The van der Waals surface area contributed by atoms with Crippen molar-refractivity contribution in [1.29, 1.82) is 0 Å². The van der Waals surface area contributed by atoms with Gasteiger partial charge in [0.15, 0.2) is 12.4 Å². The Kier molecular flexibility index (Phi) is 9.04. The molecule has 0 bridgehead atoms. The largest absolute Gasteiger partial charge is 0.481 e. The number of amides is 1. The molecule has 2 aromatic carbocycles. The minimum atomic E-state index is -4.59. The van der Waals surface area contributed by atoms with E-state index in [1.165, 1.54) is 12.3 Å². The van der Waals surface area contributed by atoms with Crippen LogP contribution in [-0.4, -0.2) is 90.4 Å². The van der Waals surface area contributed by atoms with Crippen molar-refractivity contribution < 1.29 is 31.1 Å². The number of carbonyl (C=O) groups excluding carboxylic acids is 1. The van der Waals surface area contributed by atoms with Crippen molar-refractivity contribution in [3.8, 4) is 16.9 Å². The molecule has 10 nitrogen and oxygen atoms in total. The second kappa shape index (κ2) is 13.1. The molecular formula is C37H43F3N6O4S. The van der Waals surface area contributed by atoms with Crippen LogP contribution in [0.3, 0.4) is 0 Å². The van der Waals surface area contributed by atoms with Crippen molar-refractivity contribution in [2.24, 2.45) is 11.3 Å². The van der Waals surface area contributed by atoms with E-state index in [-0.39, 0.29) is 34.7 Å². The van der Waals surface area contributed by atoms with E-state index in [4.69, 9.17) is 14.7 Å². The van der Waals surface area contributed by atoms with E-state index in [2.05, 4.69) is 21.7 Å². The summed E-state index contributed by atoms with van der Waals surface area (Å²) in [6.07, 6.45) is 3.81. The Labute approximate surface area is 295 Å². The van der Waals surface area contributed by atoms with E-state index in [0.717, 1.165) is 40.4 Å². The van der Waals surface area contributed by atoms with Crippen LogP contribution in [0.4, 0.5) is 19.0 Å². The molecule has 1 amide bonds. The lowest BCUT2D eigenvalue weighted by Gasteiger charge is -2.54. The Morgan fingerprint density at radius 3 is 2.51 bits per heavy atom. The molecule has 51 heavy (non-hydrogen) atoms. The van der Waals surface area contributed by atoms with Crippen molar-refractivity contribution in [2.75, 3.05) is 49.7 Å². The molecule has 1 saturated carbocycles. The summed E-state index contributed by atoms with van der Waals surface area (Å²) >= 11 is 0. The number of sulfone groups is 1. The predicted octanol–water partition coefficient (Wildman–Crippen LogP) is 6.53. The Balaban J connectivity index is 1.36. The number of likely N-dealkylation sites (tertiary alicyclic amines) is 1. The number of aromatic nitrogens is 4. The SMILES string of the molecule is C=CC(=O)N1CC2(CCN(c3nc(C4CC(CCS(C)(=O)=O)C4)nc4c(OCC(F)(F)F)c(-c5c(C)ccc6[nH]ncc56)c(CC)cc34)CC2)C1. The molecule has 272 valence electrons. The second-order valence-corrected chi connectivity index (χ2v) is 17.0. The van der Waals surface area contributed by atoms with Crippen LogP contribution in [0.2, 0.25) is 0 Å². The summed E-state index contributed by atoms with van der Waals surface area (Å²) in [6, 6.07) is 5.83. The van der Waals surface area contributed by atoms with Crippen LogP contribution in [0, 0.1) is 18.3 Å². The Hall–Kier alpha value is -4.20. The smallest absolute Gasteiger partial charge is 0.422 e. The fourth-order valence-electron chi connectivity index (χ4n) is 8.14. The van der Waals surface area contributed by atoms with Crippen molar-refractivity contribution in [3.63, 3.8) is 0 Å². The number of benzene rings is 2. The van der Waals surface area contributed by atoms with Crippen LogP contribution in [0.1, 0.15) is 61.9 Å². The van der Waals surface area contributed by atoms with Gasteiger partial charge in [0, 0.05) is 60.1 Å². The van der Waals surface area contributed by atoms with Crippen molar-refractivity contribution in [1.82, 2.24) is 25.1 Å². The number of fused-ring (bicyclic) bond motifs is 2. The number of piperidine rings is 1. The molecule has 2 aliphatic heterocycles. The number of hydrogen-bond donors (Lipinski definition) is 1. The van der Waals surface area contributed by atoms with E-state index >= 15 is 0 Å². The molecule has 4 aromatic rings. The molecular weight excluding hydrogens is 682 g/mol. The normalized spacial score (nSPS) is 20.4. The highest BCUT2D eigenvalue weighted by Gasteiger charge is 2.46. The lowest BCUT2D eigenvalue weighted by Crippen LogP contribution is -2.61. The van der Waals surface area contributed by atoms with Gasteiger partial charge in [0.05, 0.1) is 17.5 Å². The molecule has 0 radical (unpaired) electrons. The molecule has 2 aromatic heterocycles. The highest BCUT2D eigenvalue weighted by molar-refractivity contribution is 7.90. The average Bonchev–Trinajstić information content (AvgIpc) is 3.52. The number of ether oxygens (including phenoxy) is 1. The van der Waals surface area contributed by atoms with Crippen molar-refractivity contribution in [3.05, 3.63) is 54.0 Å². The van der Waals surface area contributed by atoms with Crippen LogP contribution >= 0.6 is 0 Å². The summed E-state index contributed by atoms with van der Waals surface area (Å²) < 4.78 is 71.3. The average molecular weight is 725 g/mol. The maximum atomic E-state index is 13.9. The first kappa shape index (κ1) is 35.2. The van der Waals surface area contributed by atoms with Gasteiger partial charge in [0.2, 0.25) is 5.91 Å². The van der Waals surface area contributed by atoms with E-state index in [1.807, 2.05) is 32.0 Å². The van der Waals surface area contributed by atoms with Crippen LogP contribution in [-0.2, 0) is 21.1 Å². The summed E-state index contributed by atoms with van der Waals surface area (Å²) in [5.41, 5.74) is 4.08. The summed E-state index contributed by atoms with van der Waals surface area (Å²) in [7, 11) is -3.10. The predicted molar refractivity (Wildman–Crippen MR) is 191 cm³/mol. The van der Waals surface area contributed by atoms with Gasteiger partial charge in [-0.25, -0.2) is 18.4 Å². The van der Waals surface area contributed by atoms with Gasteiger partial charge < -0.3 is 14.5 Å². The Morgan fingerprint density at radius 1 is 1.14 bits per heavy atom. The van der Waals surface area contributed by atoms with E-state index < -0.39 is 22.6 Å². The number of aryl methyl sites for hydroxylation is 2. The van der Waals surface area contributed by atoms with Crippen LogP contribution in [0.15, 0.2) is 37.1 Å². The number of nitrogens with zero attached hydrogens (tertiary/aromatic N) is 5. The summed E-state index contributed by atoms with van der Waals surface area (Å²) in [4.78, 5) is 26.4. The number of carbonyl (C=O) groups is 1. The van der Waals surface area contributed by atoms with Gasteiger partial charge in [0.25, 0.3) is 0 Å². The zero-order chi connectivity index (χ0) is 36.3. The molecule has 1 spiro atoms. The summed E-state index contributed by atoms with van der Waals surface area (Å²) in [6.45, 7) is 8.71. The Morgan fingerprint density at radius 2 is 1.86 bits per heavy atom. The second-order valence-electron chi connectivity index (χ2n) is 14.7. The van der Waals surface area contributed by atoms with Gasteiger partial charge in [-0.1, -0.05) is 19.6 Å². The van der Waals surface area contributed by atoms with Gasteiger partial charge in [-0.05, 0) is 86.3 Å². The number of nitrogens with one attached hydrogen (secondary N) is 1. The number of rotatable bonds is 10. The molecule has 0 unspecified atom stereocenters. The molecule has 3 aliphatic rings. The number of anilines is 1. The first-order valence-electron chi connectivity index (χ1n) is 17.5. The maximum absolute atomic E-state index is 13.9. The van der Waals surface area contributed by atoms with Crippen LogP contribution < -0.4 is 9.64 Å². The fraction of sp³-hybridized carbons (Fsp3) is 0.514. The summed E-state index contributed by atoms with van der Waals surface area (Å²) in [5, 5.41) is 8.62. The highest BCUT2D eigenvalue weighted by atomic mass is 32.2. The van der Waals surface area contributed by atoms with E-state index in [9.17, 15) is 26.4 Å². The minimum absolute atomic E-state index is 0.0190. The Bertz CT molecular complexity index is 2110. The van der Waals surface area contributed by atoms with E-state index in [0.29, 0.717) is 80.0 Å². The fourth-order valence-corrected chi connectivity index (χ4v) is 8.90. The van der Waals surface area contributed by atoms with Crippen molar-refractivity contribution >= 4 is 43.4 Å². The number of H-pyrrole nitrogens is 1. The highest BCUT2D eigenvalue weighted by Crippen LogP contribution is 2.49. The third-order valence-corrected chi connectivity index (χ3v) is 12.0. The molecule has 7 rings (SSSR count). The number of halogens is 3. The molecule has 3 fully saturated rings. The van der Waals surface area contributed by atoms with Crippen molar-refractivity contribution in [2.45, 2.75) is 64.5 Å². The van der Waals surface area contributed by atoms with Gasteiger partial charge >= 0.3 is 6.18 Å². The van der Waals surface area contributed by atoms with Gasteiger partial charge in [-0.3, -0.25) is 9.89 Å². The first-order chi connectivity index (χ1) is 24.2. The molecule has 0 atom stereocenters. The number of alkyl halides is 3. The van der Waals surface area contributed by atoms with Crippen LogP contribution in [0.5, 0.6) is 5.75 Å². The van der Waals surface area contributed by atoms with Gasteiger partial charge in [-0.15, -0.1) is 0 Å². The third-order valence-electron chi connectivity index (χ3n) is 11.0. The lowest BCUT2D eigenvalue weighted by atomic mass is 9.72. The molecule has 1 N–H and O–H groups in total. The molecule has 2 saturated heterocycles. The number of aromatic amines is 1. The number of hydrogen-bond acceptors (Lipinski definition) is 8. The topological polar surface area (TPSA) is 121 Å². The van der Waals surface area contributed by atoms with Gasteiger partial charge in [0.1, 0.15) is 27.0 Å². The van der Waals surface area contributed by atoms with Gasteiger partial charge in [-0.2, -0.15) is 18.3 Å². The lowest BCUT2D eigenvalue weighted by molar-refractivity contribution is -0.153. The molecule has 4 heterocycles. The first-order valence-corrected chi connectivity index (χ1v) is 19.6. The zero-order valence-corrected chi connectivity index (χ0v) is 30.0. The third kappa shape index (κ3) is 6.91. The summed E-state index contributed by atoms with van der Waals surface area (Å²) in [5.74, 6) is 1.44. The quantitative estimate of drug-likeness (QED) is 0.184. The maximum Gasteiger partial charge on any atom is 0.422 e. The molecule has 1 aliphatic carbocycles. The van der Waals surface area contributed by atoms with Crippen LogP contribution in [0.25, 0.3) is 32.9 Å². The molecule has 14 heteroatoms. The zero-order valence-electron chi connectivity index (χ0n) is 29.1. The van der Waals surface area contributed by atoms with E-state index in [1.54, 1.807) is 11.1 Å². The minimum Gasteiger partial charge on any atom is -0.481 e.